The van der Waals surface area contributed by atoms with Crippen LogP contribution >= 0.6 is 0 Å². The first-order valence-electron chi connectivity index (χ1n) is 4.95. The predicted octanol–water partition coefficient (Wildman–Crippen LogP) is 2.29. The average Bonchev–Trinajstić information content (AvgIpc) is 2.61. The van der Waals surface area contributed by atoms with Crippen molar-refractivity contribution >= 4 is 5.78 Å². The number of imidazole rings is 1. The van der Waals surface area contributed by atoms with E-state index in [1.165, 1.54) is 6.92 Å². The molecule has 16 heavy (non-hydrogen) atoms. The molecule has 4 nitrogen and oxygen atoms in total. The van der Waals surface area contributed by atoms with Gasteiger partial charge >= 0.3 is 0 Å². The second-order valence-corrected chi connectivity index (χ2v) is 3.66. The molecule has 1 heterocycles. The minimum Gasteiger partial charge on any atom is -0.508 e. The Kier molecular flexibility index (Phi) is 2.48. The summed E-state index contributed by atoms with van der Waals surface area (Å²) < 4.78 is 0. The first-order chi connectivity index (χ1) is 7.58. The summed E-state index contributed by atoms with van der Waals surface area (Å²) in [5, 5.41) is 9.17. The third-order valence-electron chi connectivity index (χ3n) is 2.36. The van der Waals surface area contributed by atoms with Crippen LogP contribution in [0.15, 0.2) is 24.3 Å². The number of aromatic hydroxyl groups is 1. The van der Waals surface area contributed by atoms with E-state index in [2.05, 4.69) is 9.97 Å². The summed E-state index contributed by atoms with van der Waals surface area (Å²) in [6.45, 7) is 3.30. The summed E-state index contributed by atoms with van der Waals surface area (Å²) in [4.78, 5) is 18.5. The highest BCUT2D eigenvalue weighted by molar-refractivity contribution is 5.93. The van der Waals surface area contributed by atoms with Crippen LogP contribution in [-0.2, 0) is 0 Å². The molecule has 0 aliphatic rings. The molecule has 0 aliphatic heterocycles. The van der Waals surface area contributed by atoms with Crippen LogP contribution in [0.1, 0.15) is 23.1 Å². The zero-order chi connectivity index (χ0) is 11.7. The summed E-state index contributed by atoms with van der Waals surface area (Å²) in [7, 11) is 0. The third-order valence-corrected chi connectivity index (χ3v) is 2.36. The SMILES string of the molecule is CC(=O)c1nc(-c2ccc(O)cc2)[nH]c1C. The Morgan fingerprint density at radius 3 is 2.44 bits per heavy atom. The number of benzene rings is 1. The molecule has 82 valence electrons. The molecule has 0 atom stereocenters. The Balaban J connectivity index is 2.45. The van der Waals surface area contributed by atoms with Crippen LogP contribution < -0.4 is 0 Å². The summed E-state index contributed by atoms with van der Waals surface area (Å²) >= 11 is 0. The molecule has 0 saturated carbocycles. The summed E-state index contributed by atoms with van der Waals surface area (Å²) in [5.74, 6) is 0.792. The Morgan fingerprint density at radius 1 is 1.31 bits per heavy atom. The molecule has 0 fully saturated rings. The standard InChI is InChI=1S/C12H12N2O2/c1-7-11(8(2)15)14-12(13-7)9-3-5-10(16)6-4-9/h3-6,16H,1-2H3,(H,13,14). The summed E-state index contributed by atoms with van der Waals surface area (Å²) in [5.41, 5.74) is 2.06. The number of hydrogen-bond acceptors (Lipinski definition) is 3. The monoisotopic (exact) mass is 216 g/mol. The van der Waals surface area contributed by atoms with Gasteiger partial charge in [-0.25, -0.2) is 4.98 Å². The van der Waals surface area contributed by atoms with Crippen molar-refractivity contribution in [2.75, 3.05) is 0 Å². The van der Waals surface area contributed by atoms with E-state index in [1.807, 2.05) is 6.92 Å². The van der Waals surface area contributed by atoms with Gasteiger partial charge in [-0.1, -0.05) is 0 Å². The van der Waals surface area contributed by atoms with E-state index in [0.717, 1.165) is 11.3 Å². The molecule has 0 radical (unpaired) electrons. The van der Waals surface area contributed by atoms with E-state index in [1.54, 1.807) is 24.3 Å². The van der Waals surface area contributed by atoms with Crippen molar-refractivity contribution in [3.8, 4) is 17.1 Å². The number of hydrogen-bond donors (Lipinski definition) is 2. The molecular formula is C12H12N2O2. The van der Waals surface area contributed by atoms with Gasteiger partial charge in [0.1, 0.15) is 17.3 Å². The normalized spacial score (nSPS) is 10.4. The van der Waals surface area contributed by atoms with Gasteiger partial charge in [-0.15, -0.1) is 0 Å². The van der Waals surface area contributed by atoms with E-state index < -0.39 is 0 Å². The van der Waals surface area contributed by atoms with Crippen LogP contribution in [0.3, 0.4) is 0 Å². The first-order valence-corrected chi connectivity index (χ1v) is 4.95. The first kappa shape index (κ1) is 10.4. The van der Waals surface area contributed by atoms with Crippen molar-refractivity contribution in [2.24, 2.45) is 0 Å². The van der Waals surface area contributed by atoms with Crippen LogP contribution in [0.5, 0.6) is 5.75 Å². The average molecular weight is 216 g/mol. The lowest BCUT2D eigenvalue weighted by Crippen LogP contribution is -1.94. The quantitative estimate of drug-likeness (QED) is 0.757. The number of carbonyl (C=O) groups is 1. The second kappa shape index (κ2) is 3.81. The third kappa shape index (κ3) is 1.82. The molecule has 0 unspecified atom stereocenters. The molecule has 1 aromatic heterocycles. The molecule has 0 amide bonds. The number of aromatic nitrogens is 2. The highest BCUT2D eigenvalue weighted by atomic mass is 16.3. The minimum absolute atomic E-state index is 0.0567. The van der Waals surface area contributed by atoms with Crippen LogP contribution in [0.25, 0.3) is 11.4 Å². The molecule has 0 saturated heterocycles. The van der Waals surface area contributed by atoms with Crippen molar-refractivity contribution in [2.45, 2.75) is 13.8 Å². The molecule has 2 aromatic rings. The van der Waals surface area contributed by atoms with Crippen LogP contribution in [-0.4, -0.2) is 20.9 Å². The van der Waals surface area contributed by atoms with Gasteiger partial charge in [0.2, 0.25) is 0 Å². The number of ketones is 1. The maximum atomic E-state index is 11.2. The zero-order valence-electron chi connectivity index (χ0n) is 9.11. The van der Waals surface area contributed by atoms with E-state index in [9.17, 15) is 4.79 Å². The van der Waals surface area contributed by atoms with Crippen molar-refractivity contribution in [1.29, 1.82) is 0 Å². The van der Waals surface area contributed by atoms with Crippen molar-refractivity contribution in [3.05, 3.63) is 35.7 Å². The van der Waals surface area contributed by atoms with Crippen LogP contribution in [0.4, 0.5) is 0 Å². The molecule has 0 spiro atoms. The number of H-pyrrole nitrogens is 1. The Labute approximate surface area is 93.0 Å². The molecule has 1 aromatic carbocycles. The van der Waals surface area contributed by atoms with Crippen LogP contribution in [0, 0.1) is 6.92 Å². The second-order valence-electron chi connectivity index (χ2n) is 3.66. The number of phenols is 1. The maximum Gasteiger partial charge on any atom is 0.179 e. The van der Waals surface area contributed by atoms with Gasteiger partial charge in [0.15, 0.2) is 5.78 Å². The summed E-state index contributed by atoms with van der Waals surface area (Å²) in [6, 6.07) is 6.66. The van der Waals surface area contributed by atoms with Gasteiger partial charge in [0, 0.05) is 18.2 Å². The van der Waals surface area contributed by atoms with Gasteiger partial charge in [0.25, 0.3) is 0 Å². The van der Waals surface area contributed by atoms with E-state index in [0.29, 0.717) is 11.5 Å². The minimum atomic E-state index is -0.0567. The molecular weight excluding hydrogens is 204 g/mol. The van der Waals surface area contributed by atoms with Crippen molar-refractivity contribution in [1.82, 2.24) is 9.97 Å². The summed E-state index contributed by atoms with van der Waals surface area (Å²) in [6.07, 6.45) is 0. The van der Waals surface area contributed by atoms with Gasteiger partial charge in [0.05, 0.1) is 0 Å². The van der Waals surface area contributed by atoms with Gasteiger partial charge in [-0.2, -0.15) is 0 Å². The Bertz CT molecular complexity index is 526. The lowest BCUT2D eigenvalue weighted by molar-refractivity contribution is 0.101. The zero-order valence-corrected chi connectivity index (χ0v) is 9.11. The van der Waals surface area contributed by atoms with E-state index in [-0.39, 0.29) is 11.5 Å². The number of nitrogens with zero attached hydrogens (tertiary/aromatic N) is 1. The predicted molar refractivity (Wildman–Crippen MR) is 60.4 cm³/mol. The smallest absolute Gasteiger partial charge is 0.179 e. The van der Waals surface area contributed by atoms with E-state index in [4.69, 9.17) is 5.11 Å². The number of nitrogens with one attached hydrogen (secondary N) is 1. The largest absolute Gasteiger partial charge is 0.508 e. The van der Waals surface area contributed by atoms with Gasteiger partial charge in [-0.3, -0.25) is 4.79 Å². The number of phenolic OH excluding ortho intramolecular Hbond substituents is 1. The van der Waals surface area contributed by atoms with Gasteiger partial charge in [-0.05, 0) is 31.2 Å². The fraction of sp³-hybridized carbons (Fsp3) is 0.167. The van der Waals surface area contributed by atoms with Crippen molar-refractivity contribution < 1.29 is 9.90 Å². The number of rotatable bonds is 2. The number of Topliss-reactive ketones (excluding diaryl/α,β-unsaturated/α-hetero) is 1. The Hall–Kier alpha value is -2.10. The fourth-order valence-electron chi connectivity index (χ4n) is 1.56. The van der Waals surface area contributed by atoms with E-state index >= 15 is 0 Å². The topological polar surface area (TPSA) is 66.0 Å². The van der Waals surface area contributed by atoms with Crippen molar-refractivity contribution in [3.63, 3.8) is 0 Å². The molecule has 2 rings (SSSR count). The molecule has 4 heteroatoms. The molecule has 0 bridgehead atoms. The maximum absolute atomic E-state index is 11.2. The number of aryl methyl sites for hydroxylation is 1. The highest BCUT2D eigenvalue weighted by Crippen LogP contribution is 2.20. The molecule has 2 N–H and O–H groups in total. The number of carbonyl (C=O) groups excluding carboxylic acids is 1. The molecule has 0 aliphatic carbocycles. The highest BCUT2D eigenvalue weighted by Gasteiger charge is 2.11. The Morgan fingerprint density at radius 2 is 1.94 bits per heavy atom. The van der Waals surface area contributed by atoms with Crippen LogP contribution in [0.2, 0.25) is 0 Å². The lowest BCUT2D eigenvalue weighted by Gasteiger charge is -1.96. The number of aromatic amines is 1. The lowest BCUT2D eigenvalue weighted by atomic mass is 10.2. The van der Waals surface area contributed by atoms with Gasteiger partial charge < -0.3 is 10.1 Å². The fourth-order valence-corrected chi connectivity index (χ4v) is 1.56.